The van der Waals surface area contributed by atoms with Gasteiger partial charge in [0.05, 0.1) is 10.6 Å². The molecular formula is C22H21N3O3S. The third-order valence-corrected chi connectivity index (χ3v) is 5.38. The van der Waals surface area contributed by atoms with E-state index in [1.54, 1.807) is 29.0 Å². The monoisotopic (exact) mass is 407 g/mol. The van der Waals surface area contributed by atoms with Crippen molar-refractivity contribution in [2.75, 3.05) is 0 Å². The molecule has 6 nitrogen and oxygen atoms in total. The maximum Gasteiger partial charge on any atom is 0.331 e. The third-order valence-electron chi connectivity index (χ3n) is 4.50. The van der Waals surface area contributed by atoms with Crippen LogP contribution in [0.4, 0.5) is 0 Å². The van der Waals surface area contributed by atoms with Gasteiger partial charge in [-0.3, -0.25) is 4.79 Å². The standard InChI is InChI=1S/C22H21N3O3S/c1-15(22(27)23-17-10-11-17)28-20(26)12-9-16-14-25(18-6-3-2-4-7-18)24-21(16)19-8-5-13-29-19/h2-9,12-15,17H,10-11H2,1H3,(H,23,27)/b12-9+/t15-/m1/s1. The van der Waals surface area contributed by atoms with E-state index >= 15 is 0 Å². The van der Waals surface area contributed by atoms with E-state index in [9.17, 15) is 9.59 Å². The summed E-state index contributed by atoms with van der Waals surface area (Å²) in [5.74, 6) is -0.821. The number of esters is 1. The summed E-state index contributed by atoms with van der Waals surface area (Å²) in [6.45, 7) is 1.58. The number of ether oxygens (including phenoxy) is 1. The highest BCUT2D eigenvalue weighted by Gasteiger charge is 2.26. The summed E-state index contributed by atoms with van der Waals surface area (Å²) in [7, 11) is 0. The first kappa shape index (κ1) is 19.1. The van der Waals surface area contributed by atoms with Crippen LogP contribution >= 0.6 is 11.3 Å². The van der Waals surface area contributed by atoms with E-state index in [0.717, 1.165) is 34.7 Å². The fourth-order valence-corrected chi connectivity index (χ4v) is 3.53. The number of thiophene rings is 1. The van der Waals surface area contributed by atoms with Crippen molar-refractivity contribution in [3.63, 3.8) is 0 Å². The van der Waals surface area contributed by atoms with Gasteiger partial charge < -0.3 is 10.1 Å². The average Bonchev–Trinajstić information content (AvgIpc) is 3.20. The zero-order valence-electron chi connectivity index (χ0n) is 15.9. The van der Waals surface area contributed by atoms with Gasteiger partial charge in [0, 0.05) is 23.9 Å². The number of hydrogen-bond donors (Lipinski definition) is 1. The van der Waals surface area contributed by atoms with Crippen molar-refractivity contribution in [2.45, 2.75) is 31.9 Å². The maximum atomic E-state index is 12.2. The van der Waals surface area contributed by atoms with Gasteiger partial charge in [-0.05, 0) is 49.4 Å². The largest absolute Gasteiger partial charge is 0.449 e. The van der Waals surface area contributed by atoms with Crippen LogP contribution in [0.25, 0.3) is 22.3 Å². The highest BCUT2D eigenvalue weighted by atomic mass is 32.1. The molecule has 29 heavy (non-hydrogen) atoms. The van der Waals surface area contributed by atoms with Crippen molar-refractivity contribution in [3.8, 4) is 16.3 Å². The molecule has 7 heteroatoms. The highest BCUT2D eigenvalue weighted by molar-refractivity contribution is 7.13. The predicted molar refractivity (Wildman–Crippen MR) is 113 cm³/mol. The summed E-state index contributed by atoms with van der Waals surface area (Å²) < 4.78 is 7.01. The van der Waals surface area contributed by atoms with E-state index in [1.165, 1.54) is 6.08 Å². The Morgan fingerprint density at radius 2 is 2.03 bits per heavy atom. The summed E-state index contributed by atoms with van der Waals surface area (Å²) in [6, 6.07) is 14.0. The second-order valence-electron chi connectivity index (χ2n) is 6.89. The minimum Gasteiger partial charge on any atom is -0.449 e. The molecule has 2 heterocycles. The van der Waals surface area contributed by atoms with Crippen LogP contribution in [0.15, 0.2) is 60.1 Å². The Morgan fingerprint density at radius 3 is 2.72 bits per heavy atom. The van der Waals surface area contributed by atoms with Crippen LogP contribution in [-0.2, 0) is 14.3 Å². The lowest BCUT2D eigenvalue weighted by molar-refractivity contribution is -0.150. The molecule has 1 amide bonds. The van der Waals surface area contributed by atoms with E-state index in [2.05, 4.69) is 10.4 Å². The Hall–Kier alpha value is -3.19. The molecule has 0 bridgehead atoms. The van der Waals surface area contributed by atoms with Gasteiger partial charge in [0.15, 0.2) is 6.10 Å². The van der Waals surface area contributed by atoms with E-state index in [4.69, 9.17) is 4.74 Å². The van der Waals surface area contributed by atoms with Crippen LogP contribution < -0.4 is 5.32 Å². The van der Waals surface area contributed by atoms with Crippen LogP contribution in [-0.4, -0.2) is 33.8 Å². The normalized spacial score (nSPS) is 14.7. The first-order valence-corrected chi connectivity index (χ1v) is 10.4. The van der Waals surface area contributed by atoms with Crippen LogP contribution in [0, 0.1) is 0 Å². The molecule has 0 saturated heterocycles. The summed E-state index contributed by atoms with van der Waals surface area (Å²) >= 11 is 1.58. The van der Waals surface area contributed by atoms with Crippen LogP contribution in [0.3, 0.4) is 0 Å². The lowest BCUT2D eigenvalue weighted by Gasteiger charge is -2.11. The molecular weight excluding hydrogens is 386 g/mol. The molecule has 3 aromatic rings. The Bertz CT molecular complexity index is 1020. The van der Waals surface area contributed by atoms with Crippen molar-refractivity contribution in [2.24, 2.45) is 0 Å². The van der Waals surface area contributed by atoms with Crippen LogP contribution in [0.2, 0.25) is 0 Å². The van der Waals surface area contributed by atoms with Gasteiger partial charge in [-0.25, -0.2) is 9.48 Å². The van der Waals surface area contributed by atoms with E-state index in [-0.39, 0.29) is 11.9 Å². The molecule has 1 N–H and O–H groups in total. The van der Waals surface area contributed by atoms with Gasteiger partial charge in [0.2, 0.25) is 0 Å². The molecule has 2 aromatic heterocycles. The molecule has 1 fully saturated rings. The summed E-state index contributed by atoms with van der Waals surface area (Å²) in [6.07, 6.45) is 6.04. The van der Waals surface area contributed by atoms with E-state index < -0.39 is 12.1 Å². The number of amides is 1. The van der Waals surface area contributed by atoms with Crippen molar-refractivity contribution < 1.29 is 14.3 Å². The number of benzene rings is 1. The number of nitrogens with one attached hydrogen (secondary N) is 1. The van der Waals surface area contributed by atoms with Crippen LogP contribution in [0.1, 0.15) is 25.3 Å². The smallest absolute Gasteiger partial charge is 0.331 e. The number of para-hydroxylation sites is 1. The molecule has 0 radical (unpaired) electrons. The van der Waals surface area contributed by atoms with Gasteiger partial charge in [-0.1, -0.05) is 24.3 Å². The second kappa shape index (κ2) is 8.45. The second-order valence-corrected chi connectivity index (χ2v) is 7.83. The summed E-state index contributed by atoms with van der Waals surface area (Å²) in [5, 5.41) is 9.50. The van der Waals surface area contributed by atoms with Gasteiger partial charge in [0.1, 0.15) is 5.69 Å². The van der Waals surface area contributed by atoms with Gasteiger partial charge in [-0.2, -0.15) is 5.10 Å². The summed E-state index contributed by atoms with van der Waals surface area (Å²) in [4.78, 5) is 25.1. The lowest BCUT2D eigenvalue weighted by Crippen LogP contribution is -2.36. The molecule has 1 aliphatic rings. The molecule has 0 aliphatic heterocycles. The number of carbonyl (C=O) groups excluding carboxylic acids is 2. The fraction of sp³-hybridized carbons (Fsp3) is 0.227. The minimum atomic E-state index is -0.823. The number of carbonyl (C=O) groups is 2. The Labute approximate surface area is 172 Å². The number of hydrogen-bond acceptors (Lipinski definition) is 5. The first-order valence-electron chi connectivity index (χ1n) is 9.48. The zero-order valence-corrected chi connectivity index (χ0v) is 16.8. The molecule has 148 valence electrons. The van der Waals surface area contributed by atoms with Crippen LogP contribution in [0.5, 0.6) is 0 Å². The average molecular weight is 407 g/mol. The molecule has 1 aliphatic carbocycles. The molecule has 0 unspecified atom stereocenters. The van der Waals surface area contributed by atoms with E-state index in [1.807, 2.05) is 54.0 Å². The number of nitrogens with zero attached hydrogens (tertiary/aromatic N) is 2. The maximum absolute atomic E-state index is 12.2. The molecule has 4 rings (SSSR count). The van der Waals surface area contributed by atoms with Crippen molar-refractivity contribution in [1.82, 2.24) is 15.1 Å². The fourth-order valence-electron chi connectivity index (χ4n) is 2.80. The topological polar surface area (TPSA) is 73.2 Å². The molecule has 1 saturated carbocycles. The summed E-state index contributed by atoms with van der Waals surface area (Å²) in [5.41, 5.74) is 2.51. The SMILES string of the molecule is C[C@@H](OC(=O)/C=C/c1cn(-c2ccccc2)nc1-c1cccs1)C(=O)NC1CC1. The molecule has 0 spiro atoms. The van der Waals surface area contributed by atoms with Crippen molar-refractivity contribution in [1.29, 1.82) is 0 Å². The first-order chi connectivity index (χ1) is 14.1. The number of rotatable bonds is 7. The number of aromatic nitrogens is 2. The lowest BCUT2D eigenvalue weighted by atomic mass is 10.2. The van der Waals surface area contributed by atoms with Gasteiger partial charge in [0.25, 0.3) is 5.91 Å². The zero-order chi connectivity index (χ0) is 20.2. The highest BCUT2D eigenvalue weighted by Crippen LogP contribution is 2.28. The minimum absolute atomic E-state index is 0.233. The van der Waals surface area contributed by atoms with Crippen molar-refractivity contribution >= 4 is 29.3 Å². The molecule has 1 aromatic carbocycles. The van der Waals surface area contributed by atoms with Gasteiger partial charge in [-0.15, -0.1) is 11.3 Å². The molecule has 1 atom stereocenters. The Balaban J connectivity index is 1.51. The third kappa shape index (κ3) is 4.81. The predicted octanol–water partition coefficient (Wildman–Crippen LogP) is 3.82. The van der Waals surface area contributed by atoms with Crippen molar-refractivity contribution in [3.05, 3.63) is 65.7 Å². The Morgan fingerprint density at radius 1 is 1.24 bits per heavy atom. The quantitative estimate of drug-likeness (QED) is 0.477. The van der Waals surface area contributed by atoms with E-state index in [0.29, 0.717) is 0 Å². The Kier molecular flexibility index (Phi) is 5.57. The van der Waals surface area contributed by atoms with Gasteiger partial charge >= 0.3 is 5.97 Å².